The quantitative estimate of drug-likeness (QED) is 0.664. The molecule has 0 aliphatic heterocycles. The first-order valence-corrected chi connectivity index (χ1v) is 6.32. The van der Waals surface area contributed by atoms with Crippen LogP contribution in [0, 0.1) is 0 Å². The molecule has 0 radical (unpaired) electrons. The predicted octanol–water partition coefficient (Wildman–Crippen LogP) is 3.83. The summed E-state index contributed by atoms with van der Waals surface area (Å²) in [7, 11) is 0. The highest BCUT2D eigenvalue weighted by Crippen LogP contribution is 2.28. The van der Waals surface area contributed by atoms with Crippen molar-refractivity contribution in [3.05, 3.63) is 0 Å². The first kappa shape index (κ1) is 12.0. The first-order chi connectivity index (χ1) is 6.55. The van der Waals surface area contributed by atoms with Crippen LogP contribution in [-0.2, 0) is 0 Å². The molecule has 1 fully saturated rings. The molecule has 0 unspecified atom stereocenters. The summed E-state index contributed by atoms with van der Waals surface area (Å²) in [6.45, 7) is 10.6. The standard InChI is InChI=1S/C13H27N/c1-5-11-14(13(2,3)4)12-9-7-6-8-10-12/h12H,5-11H2,1-4H3. The van der Waals surface area contributed by atoms with Crippen LogP contribution in [0.15, 0.2) is 0 Å². The van der Waals surface area contributed by atoms with Gasteiger partial charge in [-0.2, -0.15) is 0 Å². The topological polar surface area (TPSA) is 3.24 Å². The Bertz CT molecular complexity index is 151. The van der Waals surface area contributed by atoms with Gasteiger partial charge in [-0.3, -0.25) is 4.90 Å². The van der Waals surface area contributed by atoms with Crippen LogP contribution in [-0.4, -0.2) is 23.0 Å². The molecule has 1 saturated carbocycles. The van der Waals surface area contributed by atoms with E-state index < -0.39 is 0 Å². The van der Waals surface area contributed by atoms with Gasteiger partial charge in [-0.05, 0) is 46.6 Å². The van der Waals surface area contributed by atoms with E-state index in [1.54, 1.807) is 0 Å². The molecule has 0 bridgehead atoms. The Morgan fingerprint density at radius 3 is 2.07 bits per heavy atom. The Kier molecular flexibility index (Phi) is 4.43. The number of hydrogen-bond acceptors (Lipinski definition) is 1. The Morgan fingerprint density at radius 2 is 1.64 bits per heavy atom. The fourth-order valence-electron chi connectivity index (χ4n) is 2.70. The van der Waals surface area contributed by atoms with Gasteiger partial charge in [0.1, 0.15) is 0 Å². The van der Waals surface area contributed by atoms with E-state index in [2.05, 4.69) is 32.6 Å². The lowest BCUT2D eigenvalue weighted by Gasteiger charge is -2.43. The number of rotatable bonds is 3. The van der Waals surface area contributed by atoms with Crippen molar-refractivity contribution in [1.29, 1.82) is 0 Å². The maximum atomic E-state index is 2.73. The van der Waals surface area contributed by atoms with Gasteiger partial charge in [-0.15, -0.1) is 0 Å². The maximum Gasteiger partial charge on any atom is 0.0127 e. The summed E-state index contributed by atoms with van der Waals surface area (Å²) in [5, 5.41) is 0. The number of nitrogens with zero attached hydrogens (tertiary/aromatic N) is 1. The Morgan fingerprint density at radius 1 is 1.07 bits per heavy atom. The van der Waals surface area contributed by atoms with Gasteiger partial charge in [0.05, 0.1) is 0 Å². The van der Waals surface area contributed by atoms with Crippen LogP contribution < -0.4 is 0 Å². The molecule has 1 nitrogen and oxygen atoms in total. The van der Waals surface area contributed by atoms with E-state index in [4.69, 9.17) is 0 Å². The molecule has 1 aliphatic carbocycles. The third-order valence-electron chi connectivity index (χ3n) is 3.34. The highest BCUT2D eigenvalue weighted by atomic mass is 15.2. The monoisotopic (exact) mass is 197 g/mol. The third-order valence-corrected chi connectivity index (χ3v) is 3.34. The van der Waals surface area contributed by atoms with Gasteiger partial charge in [0.15, 0.2) is 0 Å². The van der Waals surface area contributed by atoms with E-state index in [1.165, 1.54) is 45.1 Å². The second-order valence-electron chi connectivity index (χ2n) is 5.66. The lowest BCUT2D eigenvalue weighted by molar-refractivity contribution is 0.0605. The number of hydrogen-bond donors (Lipinski definition) is 0. The minimum Gasteiger partial charge on any atom is -0.296 e. The highest BCUT2D eigenvalue weighted by molar-refractivity contribution is 4.84. The minimum atomic E-state index is 0.359. The lowest BCUT2D eigenvalue weighted by Crippen LogP contribution is -2.49. The molecule has 0 spiro atoms. The fourth-order valence-corrected chi connectivity index (χ4v) is 2.70. The van der Waals surface area contributed by atoms with Crippen molar-refractivity contribution < 1.29 is 0 Å². The van der Waals surface area contributed by atoms with Gasteiger partial charge in [0.25, 0.3) is 0 Å². The van der Waals surface area contributed by atoms with E-state index >= 15 is 0 Å². The van der Waals surface area contributed by atoms with Gasteiger partial charge >= 0.3 is 0 Å². The van der Waals surface area contributed by atoms with Crippen molar-refractivity contribution in [3.63, 3.8) is 0 Å². The van der Waals surface area contributed by atoms with E-state index in [-0.39, 0.29) is 0 Å². The van der Waals surface area contributed by atoms with Crippen LogP contribution in [0.4, 0.5) is 0 Å². The molecule has 0 aromatic heterocycles. The zero-order valence-electron chi connectivity index (χ0n) is 10.5. The second kappa shape index (κ2) is 5.16. The summed E-state index contributed by atoms with van der Waals surface area (Å²) >= 11 is 0. The molecule has 84 valence electrons. The summed E-state index contributed by atoms with van der Waals surface area (Å²) in [5.41, 5.74) is 0.359. The van der Waals surface area contributed by atoms with Crippen LogP contribution in [0.2, 0.25) is 0 Å². The molecule has 0 N–H and O–H groups in total. The van der Waals surface area contributed by atoms with Crippen molar-refractivity contribution in [2.24, 2.45) is 0 Å². The van der Waals surface area contributed by atoms with Crippen LogP contribution in [0.1, 0.15) is 66.2 Å². The zero-order valence-corrected chi connectivity index (χ0v) is 10.5. The molecule has 14 heavy (non-hydrogen) atoms. The molecule has 1 aliphatic rings. The molecule has 1 rings (SSSR count). The average Bonchev–Trinajstić information content (AvgIpc) is 2.14. The molecule has 0 atom stereocenters. The van der Waals surface area contributed by atoms with E-state index in [0.717, 1.165) is 6.04 Å². The fraction of sp³-hybridized carbons (Fsp3) is 1.00. The van der Waals surface area contributed by atoms with Crippen LogP contribution in [0.5, 0.6) is 0 Å². The summed E-state index contributed by atoms with van der Waals surface area (Å²) in [6.07, 6.45) is 8.49. The molecule has 0 heterocycles. The molecule has 0 saturated heterocycles. The molecule has 0 aromatic carbocycles. The van der Waals surface area contributed by atoms with Crippen molar-refractivity contribution in [2.45, 2.75) is 77.8 Å². The maximum absolute atomic E-state index is 2.73. The van der Waals surface area contributed by atoms with Gasteiger partial charge in [-0.25, -0.2) is 0 Å². The van der Waals surface area contributed by atoms with Crippen LogP contribution >= 0.6 is 0 Å². The largest absolute Gasteiger partial charge is 0.296 e. The van der Waals surface area contributed by atoms with Crippen molar-refractivity contribution in [1.82, 2.24) is 4.90 Å². The van der Waals surface area contributed by atoms with Crippen LogP contribution in [0.3, 0.4) is 0 Å². The Labute approximate surface area is 89.9 Å². The Hall–Kier alpha value is -0.0400. The average molecular weight is 197 g/mol. The second-order valence-corrected chi connectivity index (χ2v) is 5.66. The third kappa shape index (κ3) is 3.27. The minimum absolute atomic E-state index is 0.359. The van der Waals surface area contributed by atoms with E-state index in [0.29, 0.717) is 5.54 Å². The smallest absolute Gasteiger partial charge is 0.0127 e. The first-order valence-electron chi connectivity index (χ1n) is 6.32. The summed E-state index contributed by atoms with van der Waals surface area (Å²) in [6, 6.07) is 0.865. The molecule has 0 aromatic rings. The van der Waals surface area contributed by atoms with Gasteiger partial charge in [-0.1, -0.05) is 26.2 Å². The SMILES string of the molecule is CCCN(C1CCCCC1)C(C)(C)C. The van der Waals surface area contributed by atoms with Crippen LogP contribution in [0.25, 0.3) is 0 Å². The summed E-state index contributed by atoms with van der Waals surface area (Å²) in [5.74, 6) is 0. The summed E-state index contributed by atoms with van der Waals surface area (Å²) < 4.78 is 0. The van der Waals surface area contributed by atoms with Crippen molar-refractivity contribution in [3.8, 4) is 0 Å². The predicted molar refractivity (Wildman–Crippen MR) is 63.6 cm³/mol. The van der Waals surface area contributed by atoms with Gasteiger partial charge in [0, 0.05) is 11.6 Å². The molecule has 0 amide bonds. The van der Waals surface area contributed by atoms with Gasteiger partial charge < -0.3 is 0 Å². The normalized spacial score (nSPS) is 20.4. The summed E-state index contributed by atoms with van der Waals surface area (Å²) in [4.78, 5) is 2.73. The van der Waals surface area contributed by atoms with Crippen molar-refractivity contribution >= 4 is 0 Å². The Balaban J connectivity index is 2.56. The lowest BCUT2D eigenvalue weighted by atomic mass is 9.90. The highest BCUT2D eigenvalue weighted by Gasteiger charge is 2.28. The zero-order chi connectivity index (χ0) is 10.6. The van der Waals surface area contributed by atoms with E-state index in [1.807, 2.05) is 0 Å². The molecular formula is C13H27N. The van der Waals surface area contributed by atoms with Gasteiger partial charge in [0.2, 0.25) is 0 Å². The molecule has 1 heteroatoms. The van der Waals surface area contributed by atoms with Crippen molar-refractivity contribution in [2.75, 3.05) is 6.54 Å². The van der Waals surface area contributed by atoms with E-state index in [9.17, 15) is 0 Å². The molecular weight excluding hydrogens is 170 g/mol.